The standard InChI is InChI=1S/C14H20FNO/c1-14(2,17)11-7-8-16-13(9-11)10-3-5-12(15)6-4-10/h3-6,11,13,16-17H,7-9H2,1-2H3/t11-,13+/m1/s1. The van der Waals surface area contributed by atoms with E-state index >= 15 is 0 Å². The third-order valence-electron chi connectivity index (χ3n) is 3.68. The van der Waals surface area contributed by atoms with Crippen molar-refractivity contribution in [1.82, 2.24) is 5.32 Å². The van der Waals surface area contributed by atoms with Crippen molar-refractivity contribution in [3.05, 3.63) is 35.6 Å². The number of rotatable bonds is 2. The summed E-state index contributed by atoms with van der Waals surface area (Å²) >= 11 is 0. The van der Waals surface area contributed by atoms with Crippen molar-refractivity contribution in [3.63, 3.8) is 0 Å². The molecule has 1 fully saturated rings. The minimum absolute atomic E-state index is 0.205. The summed E-state index contributed by atoms with van der Waals surface area (Å²) in [6.45, 7) is 4.63. The molecule has 3 heteroatoms. The highest BCUT2D eigenvalue weighted by Crippen LogP contribution is 2.33. The number of hydrogen-bond acceptors (Lipinski definition) is 2. The van der Waals surface area contributed by atoms with Gasteiger partial charge in [0.25, 0.3) is 0 Å². The molecule has 0 saturated carbocycles. The van der Waals surface area contributed by atoms with Crippen LogP contribution in [-0.2, 0) is 0 Å². The van der Waals surface area contributed by atoms with Gasteiger partial charge in [0.15, 0.2) is 0 Å². The van der Waals surface area contributed by atoms with Gasteiger partial charge in [0.1, 0.15) is 5.82 Å². The second-order valence-corrected chi connectivity index (χ2v) is 5.43. The van der Waals surface area contributed by atoms with E-state index in [1.54, 1.807) is 0 Å². The highest BCUT2D eigenvalue weighted by atomic mass is 19.1. The van der Waals surface area contributed by atoms with Gasteiger partial charge in [-0.3, -0.25) is 0 Å². The van der Waals surface area contributed by atoms with E-state index in [2.05, 4.69) is 5.32 Å². The molecule has 2 N–H and O–H groups in total. The molecule has 17 heavy (non-hydrogen) atoms. The third-order valence-corrected chi connectivity index (χ3v) is 3.68. The molecule has 2 atom stereocenters. The second-order valence-electron chi connectivity index (χ2n) is 5.43. The lowest BCUT2D eigenvalue weighted by Gasteiger charge is -2.37. The minimum Gasteiger partial charge on any atom is -0.390 e. The fourth-order valence-electron chi connectivity index (χ4n) is 2.51. The average Bonchev–Trinajstić information content (AvgIpc) is 2.29. The highest BCUT2D eigenvalue weighted by Gasteiger charge is 2.32. The van der Waals surface area contributed by atoms with Gasteiger partial charge >= 0.3 is 0 Å². The monoisotopic (exact) mass is 237 g/mol. The molecule has 1 saturated heterocycles. The smallest absolute Gasteiger partial charge is 0.123 e. The molecule has 1 heterocycles. The first-order chi connectivity index (χ1) is 7.97. The normalized spacial score (nSPS) is 25.9. The molecule has 0 aliphatic carbocycles. The fourth-order valence-corrected chi connectivity index (χ4v) is 2.51. The summed E-state index contributed by atoms with van der Waals surface area (Å²) in [4.78, 5) is 0. The maximum atomic E-state index is 12.9. The van der Waals surface area contributed by atoms with Gasteiger partial charge in [-0.25, -0.2) is 4.39 Å². The first-order valence-electron chi connectivity index (χ1n) is 6.18. The van der Waals surface area contributed by atoms with Crippen molar-refractivity contribution >= 4 is 0 Å². The van der Waals surface area contributed by atoms with Gasteiger partial charge in [-0.05, 0) is 56.8 Å². The lowest BCUT2D eigenvalue weighted by Crippen LogP contribution is -2.41. The summed E-state index contributed by atoms with van der Waals surface area (Å²) in [5.74, 6) is 0.0856. The summed E-state index contributed by atoms with van der Waals surface area (Å²) in [5, 5.41) is 13.5. The van der Waals surface area contributed by atoms with Crippen molar-refractivity contribution < 1.29 is 9.50 Å². The van der Waals surface area contributed by atoms with Gasteiger partial charge in [-0.2, -0.15) is 0 Å². The number of benzene rings is 1. The van der Waals surface area contributed by atoms with Crippen LogP contribution in [0.3, 0.4) is 0 Å². The first kappa shape index (κ1) is 12.5. The quantitative estimate of drug-likeness (QED) is 0.828. The molecule has 2 nitrogen and oxygen atoms in total. The highest BCUT2D eigenvalue weighted by molar-refractivity contribution is 5.20. The molecule has 94 valence electrons. The summed E-state index contributed by atoms with van der Waals surface area (Å²) in [6, 6.07) is 6.84. The Kier molecular flexibility index (Phi) is 3.50. The van der Waals surface area contributed by atoms with Crippen LogP contribution >= 0.6 is 0 Å². The van der Waals surface area contributed by atoms with E-state index in [1.165, 1.54) is 12.1 Å². The molecule has 1 aliphatic rings. The summed E-state index contributed by atoms with van der Waals surface area (Å²) < 4.78 is 12.9. The van der Waals surface area contributed by atoms with Crippen molar-refractivity contribution in [3.8, 4) is 0 Å². The molecular formula is C14H20FNO. The number of hydrogen-bond donors (Lipinski definition) is 2. The fraction of sp³-hybridized carbons (Fsp3) is 0.571. The molecule has 0 radical (unpaired) electrons. The maximum Gasteiger partial charge on any atom is 0.123 e. The Bertz CT molecular complexity index is 369. The number of nitrogens with one attached hydrogen (secondary N) is 1. The average molecular weight is 237 g/mol. The summed E-state index contributed by atoms with van der Waals surface area (Å²) in [7, 11) is 0. The Morgan fingerprint density at radius 3 is 2.53 bits per heavy atom. The number of halogens is 1. The van der Waals surface area contributed by atoms with Gasteiger partial charge in [-0.1, -0.05) is 12.1 Å². The third kappa shape index (κ3) is 3.05. The van der Waals surface area contributed by atoms with E-state index in [1.807, 2.05) is 26.0 Å². The van der Waals surface area contributed by atoms with E-state index in [9.17, 15) is 9.50 Å². The SMILES string of the molecule is CC(C)(O)[C@@H]1CCN[C@H](c2ccc(F)cc2)C1. The van der Waals surface area contributed by atoms with Crippen molar-refractivity contribution in [2.45, 2.75) is 38.3 Å². The zero-order chi connectivity index (χ0) is 12.5. The molecule has 0 bridgehead atoms. The van der Waals surface area contributed by atoms with Crippen LogP contribution in [0.1, 0.15) is 38.3 Å². The predicted molar refractivity (Wildman–Crippen MR) is 66.2 cm³/mol. The molecule has 0 unspecified atom stereocenters. The van der Waals surface area contributed by atoms with E-state index in [0.717, 1.165) is 24.9 Å². The molecular weight excluding hydrogens is 217 g/mol. The van der Waals surface area contributed by atoms with Crippen LogP contribution in [0.5, 0.6) is 0 Å². The molecule has 2 rings (SSSR count). The van der Waals surface area contributed by atoms with E-state index in [0.29, 0.717) is 5.92 Å². The van der Waals surface area contributed by atoms with Crippen LogP contribution in [-0.4, -0.2) is 17.3 Å². The Labute approximate surface area is 102 Å². The van der Waals surface area contributed by atoms with Crippen LogP contribution < -0.4 is 5.32 Å². The van der Waals surface area contributed by atoms with Crippen LogP contribution in [0, 0.1) is 11.7 Å². The Hall–Kier alpha value is -0.930. The van der Waals surface area contributed by atoms with Crippen LogP contribution in [0.2, 0.25) is 0 Å². The number of aliphatic hydroxyl groups is 1. The van der Waals surface area contributed by atoms with Gasteiger partial charge in [0, 0.05) is 6.04 Å². The minimum atomic E-state index is -0.639. The summed E-state index contributed by atoms with van der Waals surface area (Å²) in [5.41, 5.74) is 0.459. The lowest BCUT2D eigenvalue weighted by molar-refractivity contribution is -0.00353. The maximum absolute atomic E-state index is 12.9. The summed E-state index contributed by atoms with van der Waals surface area (Å²) in [6.07, 6.45) is 1.89. The molecule has 1 aromatic carbocycles. The van der Waals surface area contributed by atoms with Crippen molar-refractivity contribution in [2.24, 2.45) is 5.92 Å². The van der Waals surface area contributed by atoms with Gasteiger partial charge < -0.3 is 10.4 Å². The van der Waals surface area contributed by atoms with E-state index in [-0.39, 0.29) is 11.9 Å². The van der Waals surface area contributed by atoms with Crippen molar-refractivity contribution in [1.29, 1.82) is 0 Å². The van der Waals surface area contributed by atoms with Gasteiger partial charge in [0.05, 0.1) is 5.60 Å². The first-order valence-corrected chi connectivity index (χ1v) is 6.18. The molecule has 1 aliphatic heterocycles. The van der Waals surface area contributed by atoms with E-state index < -0.39 is 5.60 Å². The lowest BCUT2D eigenvalue weighted by atomic mass is 9.79. The zero-order valence-electron chi connectivity index (χ0n) is 10.4. The largest absolute Gasteiger partial charge is 0.390 e. The Balaban J connectivity index is 2.09. The molecule has 0 aromatic heterocycles. The predicted octanol–water partition coefficient (Wildman–Crippen LogP) is 2.64. The molecule has 0 amide bonds. The van der Waals surface area contributed by atoms with Crippen molar-refractivity contribution in [2.75, 3.05) is 6.54 Å². The molecule has 1 aromatic rings. The van der Waals surface area contributed by atoms with E-state index in [4.69, 9.17) is 0 Å². The van der Waals surface area contributed by atoms with Crippen LogP contribution in [0.15, 0.2) is 24.3 Å². The zero-order valence-corrected chi connectivity index (χ0v) is 10.4. The van der Waals surface area contributed by atoms with Crippen LogP contribution in [0.4, 0.5) is 4.39 Å². The molecule has 0 spiro atoms. The number of piperidine rings is 1. The van der Waals surface area contributed by atoms with Gasteiger partial charge in [0.2, 0.25) is 0 Å². The van der Waals surface area contributed by atoms with Crippen LogP contribution in [0.25, 0.3) is 0 Å². The topological polar surface area (TPSA) is 32.3 Å². The second kappa shape index (κ2) is 4.75. The Morgan fingerprint density at radius 1 is 1.29 bits per heavy atom. The Morgan fingerprint density at radius 2 is 1.94 bits per heavy atom. The van der Waals surface area contributed by atoms with Gasteiger partial charge in [-0.15, -0.1) is 0 Å².